The van der Waals surface area contributed by atoms with Crippen LogP contribution in [0.1, 0.15) is 45.1 Å². The molecular formula is C18H24N2O2. The van der Waals surface area contributed by atoms with Crippen LogP contribution in [0.5, 0.6) is 0 Å². The van der Waals surface area contributed by atoms with Gasteiger partial charge in [-0.25, -0.2) is 4.98 Å². The minimum atomic E-state index is -0.166. The minimum Gasteiger partial charge on any atom is -0.441 e. The highest BCUT2D eigenvalue weighted by atomic mass is 16.4. The maximum Gasteiger partial charge on any atom is 0.220 e. The molecule has 0 aliphatic rings. The third-order valence-corrected chi connectivity index (χ3v) is 3.82. The Morgan fingerprint density at radius 2 is 1.95 bits per heavy atom. The first-order chi connectivity index (χ1) is 10.4. The van der Waals surface area contributed by atoms with Gasteiger partial charge in [-0.2, -0.15) is 0 Å². The average molecular weight is 300 g/mol. The molecule has 0 aliphatic carbocycles. The Kier molecular flexibility index (Phi) is 5.01. The van der Waals surface area contributed by atoms with Crippen LogP contribution in [0.2, 0.25) is 0 Å². The van der Waals surface area contributed by atoms with Gasteiger partial charge in [0.2, 0.25) is 5.91 Å². The molecule has 2 aromatic rings. The quantitative estimate of drug-likeness (QED) is 0.880. The first kappa shape index (κ1) is 16.3. The van der Waals surface area contributed by atoms with Gasteiger partial charge in [0.1, 0.15) is 0 Å². The molecule has 1 aromatic carbocycles. The maximum absolute atomic E-state index is 11.9. The number of carbonyl (C=O) groups is 1. The molecule has 0 bridgehead atoms. The number of aryl methyl sites for hydroxylation is 2. The lowest BCUT2D eigenvalue weighted by atomic mass is 10.0. The Morgan fingerprint density at radius 3 is 2.59 bits per heavy atom. The zero-order chi connectivity index (χ0) is 16.2. The average Bonchev–Trinajstić information content (AvgIpc) is 2.94. The number of oxazole rings is 1. The van der Waals surface area contributed by atoms with Crippen molar-refractivity contribution in [2.24, 2.45) is 0 Å². The zero-order valence-electron chi connectivity index (χ0n) is 13.8. The number of benzene rings is 1. The smallest absolute Gasteiger partial charge is 0.220 e. The highest BCUT2D eigenvalue weighted by Gasteiger charge is 2.18. The van der Waals surface area contributed by atoms with E-state index in [2.05, 4.69) is 17.2 Å². The van der Waals surface area contributed by atoms with E-state index in [0.29, 0.717) is 18.7 Å². The predicted octanol–water partition coefficient (Wildman–Crippen LogP) is 3.89. The lowest BCUT2D eigenvalue weighted by Gasteiger charge is -2.24. The van der Waals surface area contributed by atoms with E-state index in [-0.39, 0.29) is 11.4 Å². The lowest BCUT2D eigenvalue weighted by molar-refractivity contribution is -0.122. The van der Waals surface area contributed by atoms with Crippen molar-refractivity contribution >= 4 is 5.91 Å². The van der Waals surface area contributed by atoms with Gasteiger partial charge in [0.25, 0.3) is 0 Å². The molecule has 0 unspecified atom stereocenters. The maximum atomic E-state index is 11.9. The Labute approximate surface area is 131 Å². The van der Waals surface area contributed by atoms with E-state index in [4.69, 9.17) is 4.42 Å². The van der Waals surface area contributed by atoms with Crippen molar-refractivity contribution in [2.75, 3.05) is 0 Å². The van der Waals surface area contributed by atoms with Gasteiger partial charge in [0.15, 0.2) is 11.7 Å². The highest BCUT2D eigenvalue weighted by molar-refractivity contribution is 5.76. The normalized spacial score (nSPS) is 11.5. The van der Waals surface area contributed by atoms with Crippen LogP contribution in [0.15, 0.2) is 34.9 Å². The van der Waals surface area contributed by atoms with Crippen molar-refractivity contribution in [3.63, 3.8) is 0 Å². The molecule has 2 rings (SSSR count). The van der Waals surface area contributed by atoms with Gasteiger partial charge >= 0.3 is 0 Å². The SMILES string of the molecule is CCC(C)(C)NC(=O)CCc1ncc(-c2ccc(C)cc2)o1. The Hall–Kier alpha value is -2.10. The molecule has 0 saturated carbocycles. The van der Waals surface area contributed by atoms with Crippen molar-refractivity contribution in [1.82, 2.24) is 10.3 Å². The molecule has 1 amide bonds. The number of nitrogens with zero attached hydrogens (tertiary/aromatic N) is 1. The van der Waals surface area contributed by atoms with Crippen LogP contribution in [-0.2, 0) is 11.2 Å². The molecule has 22 heavy (non-hydrogen) atoms. The molecule has 4 heteroatoms. The molecule has 0 radical (unpaired) electrons. The van der Waals surface area contributed by atoms with Gasteiger partial charge in [0.05, 0.1) is 6.20 Å². The summed E-state index contributed by atoms with van der Waals surface area (Å²) in [4.78, 5) is 16.2. The van der Waals surface area contributed by atoms with Gasteiger partial charge < -0.3 is 9.73 Å². The lowest BCUT2D eigenvalue weighted by Crippen LogP contribution is -2.42. The summed E-state index contributed by atoms with van der Waals surface area (Å²) in [6.07, 6.45) is 3.51. The molecule has 0 atom stereocenters. The van der Waals surface area contributed by atoms with Gasteiger partial charge in [-0.3, -0.25) is 4.79 Å². The highest BCUT2D eigenvalue weighted by Crippen LogP contribution is 2.21. The molecule has 1 N–H and O–H groups in total. The molecular weight excluding hydrogens is 276 g/mol. The summed E-state index contributed by atoms with van der Waals surface area (Å²) in [5.74, 6) is 1.37. The largest absolute Gasteiger partial charge is 0.441 e. The van der Waals surface area contributed by atoms with Gasteiger partial charge in [0, 0.05) is 23.9 Å². The van der Waals surface area contributed by atoms with Crippen molar-refractivity contribution < 1.29 is 9.21 Å². The molecule has 0 aliphatic heterocycles. The fourth-order valence-electron chi connectivity index (χ4n) is 2.03. The number of hydrogen-bond donors (Lipinski definition) is 1. The Morgan fingerprint density at radius 1 is 1.27 bits per heavy atom. The van der Waals surface area contributed by atoms with Crippen LogP contribution in [0.3, 0.4) is 0 Å². The minimum absolute atomic E-state index is 0.0296. The molecule has 0 spiro atoms. The molecule has 1 aromatic heterocycles. The summed E-state index contributed by atoms with van der Waals surface area (Å²) >= 11 is 0. The van der Waals surface area contributed by atoms with Crippen molar-refractivity contribution in [3.05, 3.63) is 41.9 Å². The third-order valence-electron chi connectivity index (χ3n) is 3.82. The van der Waals surface area contributed by atoms with E-state index in [1.54, 1.807) is 6.20 Å². The van der Waals surface area contributed by atoms with E-state index in [9.17, 15) is 4.79 Å². The summed E-state index contributed by atoms with van der Waals surface area (Å²) in [6.45, 7) is 8.14. The van der Waals surface area contributed by atoms with Crippen LogP contribution in [0.25, 0.3) is 11.3 Å². The topological polar surface area (TPSA) is 55.1 Å². The standard InChI is InChI=1S/C18H24N2O2/c1-5-18(3,4)20-16(21)10-11-17-19-12-15(22-17)14-8-6-13(2)7-9-14/h6-9,12H,5,10-11H2,1-4H3,(H,20,21). The van der Waals surface area contributed by atoms with Crippen molar-refractivity contribution in [1.29, 1.82) is 0 Å². The molecule has 0 saturated heterocycles. The molecule has 118 valence electrons. The summed E-state index contributed by atoms with van der Waals surface area (Å²) < 4.78 is 5.73. The van der Waals surface area contributed by atoms with E-state index >= 15 is 0 Å². The van der Waals surface area contributed by atoms with Gasteiger partial charge in [-0.15, -0.1) is 0 Å². The number of hydrogen-bond acceptors (Lipinski definition) is 3. The van der Waals surface area contributed by atoms with E-state index in [1.807, 2.05) is 45.0 Å². The summed E-state index contributed by atoms with van der Waals surface area (Å²) in [7, 11) is 0. The third kappa shape index (κ3) is 4.45. The number of nitrogens with one attached hydrogen (secondary N) is 1. The molecule has 1 heterocycles. The zero-order valence-corrected chi connectivity index (χ0v) is 13.8. The number of aromatic nitrogens is 1. The fourth-order valence-corrected chi connectivity index (χ4v) is 2.03. The van der Waals surface area contributed by atoms with E-state index < -0.39 is 0 Å². The summed E-state index contributed by atoms with van der Waals surface area (Å²) in [6, 6.07) is 8.10. The van der Waals surface area contributed by atoms with Crippen LogP contribution in [-0.4, -0.2) is 16.4 Å². The summed E-state index contributed by atoms with van der Waals surface area (Å²) in [5, 5.41) is 3.01. The van der Waals surface area contributed by atoms with E-state index in [0.717, 1.165) is 17.7 Å². The van der Waals surface area contributed by atoms with Crippen molar-refractivity contribution in [2.45, 2.75) is 52.5 Å². The van der Waals surface area contributed by atoms with Crippen LogP contribution >= 0.6 is 0 Å². The Balaban J connectivity index is 1.92. The van der Waals surface area contributed by atoms with Gasteiger partial charge in [-0.05, 0) is 27.2 Å². The second-order valence-electron chi connectivity index (χ2n) is 6.27. The van der Waals surface area contributed by atoms with Gasteiger partial charge in [-0.1, -0.05) is 36.8 Å². The predicted molar refractivity (Wildman–Crippen MR) is 87.5 cm³/mol. The van der Waals surface area contributed by atoms with Crippen LogP contribution < -0.4 is 5.32 Å². The van der Waals surface area contributed by atoms with Crippen LogP contribution in [0, 0.1) is 6.92 Å². The van der Waals surface area contributed by atoms with E-state index in [1.165, 1.54) is 5.56 Å². The first-order valence-corrected chi connectivity index (χ1v) is 7.72. The second-order valence-corrected chi connectivity index (χ2v) is 6.27. The van der Waals surface area contributed by atoms with Crippen LogP contribution in [0.4, 0.5) is 0 Å². The Bertz CT molecular complexity index is 627. The molecule has 0 fully saturated rings. The number of rotatable bonds is 6. The number of amides is 1. The first-order valence-electron chi connectivity index (χ1n) is 7.72. The number of carbonyl (C=O) groups excluding carboxylic acids is 1. The second kappa shape index (κ2) is 6.77. The summed E-state index contributed by atoms with van der Waals surface area (Å²) in [5.41, 5.74) is 2.04. The molecule has 4 nitrogen and oxygen atoms in total. The monoisotopic (exact) mass is 300 g/mol. The fraction of sp³-hybridized carbons (Fsp3) is 0.444. The van der Waals surface area contributed by atoms with Crippen molar-refractivity contribution in [3.8, 4) is 11.3 Å².